The summed E-state index contributed by atoms with van der Waals surface area (Å²) in [5.41, 5.74) is -1.09. The van der Waals surface area contributed by atoms with Crippen LogP contribution in [-0.2, 0) is 17.5 Å². The van der Waals surface area contributed by atoms with Crippen molar-refractivity contribution in [1.82, 2.24) is 24.6 Å². The molecule has 0 saturated heterocycles. The number of hydrogen-bond donors (Lipinski definition) is 1. The van der Waals surface area contributed by atoms with Gasteiger partial charge in [0, 0.05) is 6.04 Å². The number of rotatable bonds is 5. The van der Waals surface area contributed by atoms with Crippen molar-refractivity contribution in [3.8, 4) is 5.69 Å². The van der Waals surface area contributed by atoms with E-state index in [0.29, 0.717) is 0 Å². The number of halogens is 3. The van der Waals surface area contributed by atoms with Gasteiger partial charge < -0.3 is 5.32 Å². The molecule has 0 aliphatic heterocycles. The molecule has 1 atom stereocenters. The number of alkyl halides is 3. The number of nitrogens with zero attached hydrogens (tertiary/aromatic N) is 4. The molecule has 0 aliphatic rings. The van der Waals surface area contributed by atoms with Crippen LogP contribution in [0.25, 0.3) is 16.7 Å². The molecule has 2 aromatic heterocycles. The minimum absolute atomic E-state index is 0.0569. The second-order valence-corrected chi connectivity index (χ2v) is 7.12. The smallest absolute Gasteiger partial charge is 0.352 e. The maximum atomic E-state index is 13.0. The van der Waals surface area contributed by atoms with Gasteiger partial charge in [-0.2, -0.15) is 18.3 Å². The van der Waals surface area contributed by atoms with Gasteiger partial charge in [0.05, 0.1) is 17.4 Å². The predicted molar refractivity (Wildman–Crippen MR) is 101 cm³/mol. The van der Waals surface area contributed by atoms with Gasteiger partial charge in [0.25, 0.3) is 5.56 Å². The second kappa shape index (κ2) is 7.69. The number of fused-ring (bicyclic) bond motifs is 1. The lowest BCUT2D eigenvalue weighted by atomic mass is 10.1. The molecule has 1 N–H and O–H groups in total. The number of nitrogens with one attached hydrogen (secondary N) is 1. The van der Waals surface area contributed by atoms with Crippen LogP contribution >= 0.6 is 0 Å². The molecule has 2 heterocycles. The Balaban J connectivity index is 1.93. The molecule has 0 radical (unpaired) electrons. The fraction of sp³-hybridized carbons (Fsp3) is 0.368. The topological polar surface area (TPSA) is 81.8 Å². The summed E-state index contributed by atoms with van der Waals surface area (Å²) < 4.78 is 41.2. The molecule has 1 unspecified atom stereocenters. The van der Waals surface area contributed by atoms with Gasteiger partial charge in [0.2, 0.25) is 5.91 Å². The Morgan fingerprint density at radius 2 is 1.97 bits per heavy atom. The Morgan fingerprint density at radius 3 is 2.62 bits per heavy atom. The molecule has 154 valence electrons. The van der Waals surface area contributed by atoms with Crippen LogP contribution in [-0.4, -0.2) is 31.3 Å². The highest BCUT2D eigenvalue weighted by Gasteiger charge is 2.30. The van der Waals surface area contributed by atoms with Gasteiger partial charge in [-0.1, -0.05) is 19.9 Å². The van der Waals surface area contributed by atoms with Crippen molar-refractivity contribution in [2.24, 2.45) is 5.92 Å². The van der Waals surface area contributed by atoms with Gasteiger partial charge in [-0.05, 0) is 31.0 Å². The molecule has 1 aromatic carbocycles. The Kier molecular flexibility index (Phi) is 5.45. The van der Waals surface area contributed by atoms with Gasteiger partial charge >= 0.3 is 6.18 Å². The van der Waals surface area contributed by atoms with Crippen LogP contribution in [0.5, 0.6) is 0 Å². The first kappa shape index (κ1) is 20.6. The van der Waals surface area contributed by atoms with Crippen molar-refractivity contribution in [3.63, 3.8) is 0 Å². The highest BCUT2D eigenvalue weighted by atomic mass is 19.4. The summed E-state index contributed by atoms with van der Waals surface area (Å²) in [6, 6.07) is 4.52. The van der Waals surface area contributed by atoms with Crippen molar-refractivity contribution in [3.05, 3.63) is 52.7 Å². The number of amides is 1. The van der Waals surface area contributed by atoms with Crippen LogP contribution in [0.2, 0.25) is 0 Å². The van der Waals surface area contributed by atoms with Crippen molar-refractivity contribution < 1.29 is 18.0 Å². The fourth-order valence-electron chi connectivity index (χ4n) is 2.69. The van der Waals surface area contributed by atoms with Gasteiger partial charge in [-0.15, -0.1) is 0 Å². The zero-order valence-corrected chi connectivity index (χ0v) is 16.1. The van der Waals surface area contributed by atoms with E-state index in [1.165, 1.54) is 24.7 Å². The number of carbonyl (C=O) groups is 1. The highest BCUT2D eigenvalue weighted by Crippen LogP contribution is 2.30. The molecule has 1 amide bonds. The SMILES string of the molecule is CC(C)C(C)NC(=O)Cn1cnc2c(cnn2-c2cccc(C(F)(F)F)c2)c1=O. The van der Waals surface area contributed by atoms with Crippen molar-refractivity contribution in [2.45, 2.75) is 39.5 Å². The summed E-state index contributed by atoms with van der Waals surface area (Å²) in [6.07, 6.45) is -2.08. The lowest BCUT2D eigenvalue weighted by molar-refractivity contribution is -0.137. The molecule has 0 bridgehead atoms. The van der Waals surface area contributed by atoms with Crippen molar-refractivity contribution in [2.75, 3.05) is 0 Å². The summed E-state index contributed by atoms with van der Waals surface area (Å²) in [5.74, 6) is -0.0957. The van der Waals surface area contributed by atoms with Gasteiger partial charge in [-0.3, -0.25) is 14.2 Å². The quantitative estimate of drug-likeness (QED) is 0.705. The second-order valence-electron chi connectivity index (χ2n) is 7.12. The number of benzene rings is 1. The van der Waals surface area contributed by atoms with E-state index in [-0.39, 0.29) is 41.1 Å². The summed E-state index contributed by atoms with van der Waals surface area (Å²) in [5, 5.41) is 6.92. The standard InChI is InChI=1S/C19H20F3N5O2/c1-11(2)12(3)25-16(28)9-26-10-23-17-15(18(26)29)8-24-27(17)14-6-4-5-13(7-14)19(20,21)22/h4-8,10-12H,9H2,1-3H3,(H,25,28). The van der Waals surface area contributed by atoms with Crippen LogP contribution in [0.1, 0.15) is 26.3 Å². The minimum Gasteiger partial charge on any atom is -0.352 e. The van der Waals surface area contributed by atoms with Gasteiger partial charge in [-0.25, -0.2) is 9.67 Å². The molecule has 0 fully saturated rings. The van der Waals surface area contributed by atoms with E-state index in [2.05, 4.69) is 15.4 Å². The van der Waals surface area contributed by atoms with E-state index in [1.54, 1.807) is 0 Å². The summed E-state index contributed by atoms with van der Waals surface area (Å²) in [4.78, 5) is 29.0. The summed E-state index contributed by atoms with van der Waals surface area (Å²) in [7, 11) is 0. The van der Waals surface area contributed by atoms with E-state index in [1.807, 2.05) is 20.8 Å². The monoisotopic (exact) mass is 407 g/mol. The molecule has 29 heavy (non-hydrogen) atoms. The van der Waals surface area contributed by atoms with Crippen LogP contribution in [0, 0.1) is 5.92 Å². The number of aromatic nitrogens is 4. The van der Waals surface area contributed by atoms with E-state index >= 15 is 0 Å². The maximum absolute atomic E-state index is 13.0. The molecular weight excluding hydrogens is 387 g/mol. The molecule has 3 rings (SSSR count). The number of hydrogen-bond acceptors (Lipinski definition) is 4. The summed E-state index contributed by atoms with van der Waals surface area (Å²) >= 11 is 0. The zero-order valence-electron chi connectivity index (χ0n) is 16.1. The van der Waals surface area contributed by atoms with Crippen LogP contribution in [0.4, 0.5) is 13.2 Å². The first-order chi connectivity index (χ1) is 13.6. The largest absolute Gasteiger partial charge is 0.416 e. The van der Waals surface area contributed by atoms with Crippen molar-refractivity contribution >= 4 is 16.9 Å². The third kappa shape index (κ3) is 4.30. The Bertz CT molecular complexity index is 1100. The molecular formula is C19H20F3N5O2. The van der Waals surface area contributed by atoms with Crippen LogP contribution in [0.3, 0.4) is 0 Å². The molecule has 0 saturated carbocycles. The van der Waals surface area contributed by atoms with E-state index < -0.39 is 17.3 Å². The zero-order chi connectivity index (χ0) is 21.3. The highest BCUT2D eigenvalue weighted by molar-refractivity contribution is 5.78. The lowest BCUT2D eigenvalue weighted by Gasteiger charge is -2.17. The maximum Gasteiger partial charge on any atom is 0.416 e. The van der Waals surface area contributed by atoms with E-state index in [0.717, 1.165) is 21.4 Å². The van der Waals surface area contributed by atoms with Gasteiger partial charge in [0.15, 0.2) is 5.65 Å². The van der Waals surface area contributed by atoms with E-state index in [4.69, 9.17) is 0 Å². The van der Waals surface area contributed by atoms with Crippen LogP contribution < -0.4 is 10.9 Å². The Morgan fingerprint density at radius 1 is 1.24 bits per heavy atom. The minimum atomic E-state index is -4.50. The van der Waals surface area contributed by atoms with E-state index in [9.17, 15) is 22.8 Å². The molecule has 10 heteroatoms. The lowest BCUT2D eigenvalue weighted by Crippen LogP contribution is -2.39. The average Bonchev–Trinajstić information content (AvgIpc) is 3.08. The Labute approximate surface area is 164 Å². The molecule has 0 spiro atoms. The normalized spacial score (nSPS) is 13.1. The Hall–Kier alpha value is -3.17. The van der Waals surface area contributed by atoms with Crippen molar-refractivity contribution in [1.29, 1.82) is 0 Å². The fourth-order valence-corrected chi connectivity index (χ4v) is 2.69. The molecule has 0 aliphatic carbocycles. The first-order valence-electron chi connectivity index (χ1n) is 8.98. The third-order valence-corrected chi connectivity index (χ3v) is 4.68. The predicted octanol–water partition coefficient (Wildman–Crippen LogP) is 2.76. The third-order valence-electron chi connectivity index (χ3n) is 4.68. The van der Waals surface area contributed by atoms with Gasteiger partial charge in [0.1, 0.15) is 18.3 Å². The average molecular weight is 407 g/mol. The summed E-state index contributed by atoms with van der Waals surface area (Å²) in [6.45, 7) is 5.58. The molecule has 7 nitrogen and oxygen atoms in total. The molecule has 3 aromatic rings. The van der Waals surface area contributed by atoms with Crippen LogP contribution in [0.15, 0.2) is 41.6 Å². The number of carbonyl (C=O) groups excluding carboxylic acids is 1. The first-order valence-corrected chi connectivity index (χ1v) is 8.98.